The van der Waals surface area contributed by atoms with Gasteiger partial charge in [-0.25, -0.2) is 4.98 Å². The fourth-order valence-electron chi connectivity index (χ4n) is 2.70. The Morgan fingerprint density at radius 1 is 1.14 bits per heavy atom. The van der Waals surface area contributed by atoms with E-state index in [0.717, 1.165) is 27.5 Å². The Balaban J connectivity index is 1.47. The first-order valence-electron chi connectivity index (χ1n) is 9.23. The van der Waals surface area contributed by atoms with Gasteiger partial charge in [0.05, 0.1) is 11.4 Å². The molecule has 0 aliphatic carbocycles. The van der Waals surface area contributed by atoms with Crippen LogP contribution in [0.3, 0.4) is 0 Å². The highest BCUT2D eigenvalue weighted by molar-refractivity contribution is 7.99. The minimum Gasteiger partial charge on any atom is -0.460 e. The minimum absolute atomic E-state index is 0.155. The normalized spacial score (nSPS) is 10.6. The van der Waals surface area contributed by atoms with Crippen LogP contribution in [-0.4, -0.2) is 33.7 Å². The van der Waals surface area contributed by atoms with Crippen LogP contribution in [0.4, 0.5) is 0 Å². The third kappa shape index (κ3) is 5.96. The Morgan fingerprint density at radius 2 is 1.93 bits per heavy atom. The molecule has 0 fully saturated rings. The van der Waals surface area contributed by atoms with Gasteiger partial charge in [0.15, 0.2) is 5.16 Å². The van der Waals surface area contributed by atoms with Gasteiger partial charge in [0.1, 0.15) is 13.2 Å². The van der Waals surface area contributed by atoms with Crippen molar-refractivity contribution in [3.63, 3.8) is 0 Å². The summed E-state index contributed by atoms with van der Waals surface area (Å²) in [5.41, 5.74) is 4.22. The van der Waals surface area contributed by atoms with E-state index in [9.17, 15) is 9.59 Å². The molecule has 0 radical (unpaired) electrons. The monoisotopic (exact) mass is 409 g/mol. The number of rotatable bonds is 8. The molecule has 0 unspecified atom stereocenters. The van der Waals surface area contributed by atoms with Gasteiger partial charge >= 0.3 is 5.97 Å². The van der Waals surface area contributed by atoms with Gasteiger partial charge in [0.25, 0.3) is 0 Å². The SMILES string of the molecule is Cc1ccc(C)c(-n2ccnc2SCC(=O)NCC(=O)OCc2ccccc2)c1. The Labute approximate surface area is 174 Å². The predicted octanol–water partition coefficient (Wildman–Crippen LogP) is 3.44. The summed E-state index contributed by atoms with van der Waals surface area (Å²) in [5.74, 6) is -0.556. The van der Waals surface area contributed by atoms with Crippen LogP contribution in [-0.2, 0) is 20.9 Å². The van der Waals surface area contributed by atoms with E-state index in [1.165, 1.54) is 11.8 Å². The number of aryl methyl sites for hydroxylation is 2. The molecule has 1 amide bonds. The summed E-state index contributed by atoms with van der Waals surface area (Å²) < 4.78 is 7.12. The van der Waals surface area contributed by atoms with Crippen LogP contribution in [0.2, 0.25) is 0 Å². The smallest absolute Gasteiger partial charge is 0.325 e. The first kappa shape index (κ1) is 20.7. The maximum absolute atomic E-state index is 12.1. The Hall–Kier alpha value is -3.06. The maximum Gasteiger partial charge on any atom is 0.325 e. The molecule has 2 aromatic carbocycles. The molecule has 0 saturated heterocycles. The van der Waals surface area contributed by atoms with Crippen molar-refractivity contribution in [2.45, 2.75) is 25.6 Å². The summed E-state index contributed by atoms with van der Waals surface area (Å²) in [6.45, 7) is 4.11. The van der Waals surface area contributed by atoms with Gasteiger partial charge in [-0.05, 0) is 36.6 Å². The lowest BCUT2D eigenvalue weighted by Gasteiger charge is -2.11. The van der Waals surface area contributed by atoms with E-state index < -0.39 is 5.97 Å². The summed E-state index contributed by atoms with van der Waals surface area (Å²) in [5, 5.41) is 3.31. The summed E-state index contributed by atoms with van der Waals surface area (Å²) >= 11 is 1.32. The van der Waals surface area contributed by atoms with Gasteiger partial charge < -0.3 is 10.1 Å². The molecule has 6 nitrogen and oxygen atoms in total. The van der Waals surface area contributed by atoms with Crippen LogP contribution in [0.5, 0.6) is 0 Å². The number of esters is 1. The molecule has 0 aliphatic heterocycles. The number of hydrogen-bond acceptors (Lipinski definition) is 5. The molecule has 0 atom stereocenters. The molecule has 0 saturated carbocycles. The number of carbonyl (C=O) groups is 2. The van der Waals surface area contributed by atoms with Crippen molar-refractivity contribution in [2.75, 3.05) is 12.3 Å². The molecule has 1 heterocycles. The highest BCUT2D eigenvalue weighted by Crippen LogP contribution is 2.23. The third-order valence-corrected chi connectivity index (χ3v) is 5.20. The fraction of sp³-hybridized carbons (Fsp3) is 0.227. The Kier molecular flexibility index (Phi) is 7.08. The number of nitrogens with zero attached hydrogens (tertiary/aromatic N) is 2. The van der Waals surface area contributed by atoms with Gasteiger partial charge in [-0.2, -0.15) is 0 Å². The van der Waals surface area contributed by atoms with E-state index in [1.54, 1.807) is 6.20 Å². The maximum atomic E-state index is 12.1. The van der Waals surface area contributed by atoms with Crippen LogP contribution in [0.25, 0.3) is 5.69 Å². The number of ether oxygens (including phenoxy) is 1. The van der Waals surface area contributed by atoms with E-state index in [2.05, 4.69) is 28.5 Å². The number of nitrogens with one attached hydrogen (secondary N) is 1. The van der Waals surface area contributed by atoms with Gasteiger partial charge in [0.2, 0.25) is 5.91 Å². The number of benzene rings is 2. The number of imidazole rings is 1. The number of aromatic nitrogens is 2. The molecule has 29 heavy (non-hydrogen) atoms. The molecule has 3 rings (SSSR count). The number of thioether (sulfide) groups is 1. The van der Waals surface area contributed by atoms with Crippen molar-refractivity contribution in [2.24, 2.45) is 0 Å². The minimum atomic E-state index is -0.468. The summed E-state index contributed by atoms with van der Waals surface area (Å²) in [6, 6.07) is 15.6. The second kappa shape index (κ2) is 9.93. The van der Waals surface area contributed by atoms with Gasteiger partial charge in [-0.15, -0.1) is 0 Å². The van der Waals surface area contributed by atoms with E-state index in [0.29, 0.717) is 0 Å². The van der Waals surface area contributed by atoms with Crippen LogP contribution in [0.1, 0.15) is 16.7 Å². The summed E-state index contributed by atoms with van der Waals surface area (Å²) in [4.78, 5) is 28.3. The van der Waals surface area contributed by atoms with E-state index in [4.69, 9.17) is 4.74 Å². The second-order valence-electron chi connectivity index (χ2n) is 6.58. The van der Waals surface area contributed by atoms with Crippen molar-refractivity contribution in [1.29, 1.82) is 0 Å². The summed E-state index contributed by atoms with van der Waals surface area (Å²) in [6.07, 6.45) is 3.59. The zero-order valence-corrected chi connectivity index (χ0v) is 17.2. The zero-order valence-electron chi connectivity index (χ0n) is 16.4. The molecule has 0 bridgehead atoms. The summed E-state index contributed by atoms with van der Waals surface area (Å²) in [7, 11) is 0. The number of amides is 1. The number of hydrogen-bond donors (Lipinski definition) is 1. The topological polar surface area (TPSA) is 73.2 Å². The van der Waals surface area contributed by atoms with Gasteiger partial charge in [0, 0.05) is 12.4 Å². The lowest BCUT2D eigenvalue weighted by molar-refractivity contribution is -0.145. The van der Waals surface area contributed by atoms with Crippen molar-refractivity contribution < 1.29 is 14.3 Å². The molecule has 1 aromatic heterocycles. The average Bonchev–Trinajstić information content (AvgIpc) is 3.20. The standard InChI is InChI=1S/C22H23N3O3S/c1-16-8-9-17(2)19(12-16)25-11-10-23-22(25)29-15-20(26)24-13-21(27)28-14-18-6-4-3-5-7-18/h3-12H,13-15H2,1-2H3,(H,24,26). The van der Waals surface area contributed by atoms with Crippen molar-refractivity contribution in [1.82, 2.24) is 14.9 Å². The third-order valence-electron chi connectivity index (χ3n) is 4.24. The first-order valence-corrected chi connectivity index (χ1v) is 10.2. The quantitative estimate of drug-likeness (QED) is 0.456. The molecule has 0 aliphatic rings. The average molecular weight is 410 g/mol. The Bertz CT molecular complexity index is 986. The second-order valence-corrected chi connectivity index (χ2v) is 7.52. The molecule has 0 spiro atoms. The van der Waals surface area contributed by atoms with Crippen molar-refractivity contribution >= 4 is 23.6 Å². The van der Waals surface area contributed by atoms with Crippen molar-refractivity contribution in [3.05, 3.63) is 77.6 Å². The zero-order chi connectivity index (χ0) is 20.6. The van der Waals surface area contributed by atoms with Crippen LogP contribution >= 0.6 is 11.8 Å². The molecular formula is C22H23N3O3S. The molecule has 1 N–H and O–H groups in total. The van der Waals surface area contributed by atoms with E-state index in [1.807, 2.05) is 54.9 Å². The fourth-order valence-corrected chi connectivity index (χ4v) is 3.50. The lowest BCUT2D eigenvalue weighted by Crippen LogP contribution is -2.31. The molecule has 150 valence electrons. The van der Waals surface area contributed by atoms with E-state index >= 15 is 0 Å². The number of carbonyl (C=O) groups excluding carboxylic acids is 2. The first-order chi connectivity index (χ1) is 14.0. The molecular weight excluding hydrogens is 386 g/mol. The highest BCUT2D eigenvalue weighted by Gasteiger charge is 2.12. The van der Waals surface area contributed by atoms with Gasteiger partial charge in [-0.1, -0.05) is 54.2 Å². The highest BCUT2D eigenvalue weighted by atomic mass is 32.2. The molecule has 7 heteroatoms. The van der Waals surface area contributed by atoms with Crippen LogP contribution in [0, 0.1) is 13.8 Å². The Morgan fingerprint density at radius 3 is 2.72 bits per heavy atom. The van der Waals surface area contributed by atoms with Gasteiger partial charge in [-0.3, -0.25) is 14.2 Å². The predicted molar refractivity (Wildman–Crippen MR) is 113 cm³/mol. The molecule has 3 aromatic rings. The van der Waals surface area contributed by atoms with Crippen LogP contribution in [0.15, 0.2) is 66.1 Å². The largest absolute Gasteiger partial charge is 0.460 e. The van der Waals surface area contributed by atoms with Crippen LogP contribution < -0.4 is 5.32 Å². The lowest BCUT2D eigenvalue weighted by atomic mass is 10.1. The van der Waals surface area contributed by atoms with Crippen molar-refractivity contribution in [3.8, 4) is 5.69 Å². The van der Waals surface area contributed by atoms with E-state index in [-0.39, 0.29) is 24.8 Å².